The molecule has 8 nitrogen and oxygen atoms in total. The summed E-state index contributed by atoms with van der Waals surface area (Å²) in [5.74, 6) is 0.317. The van der Waals surface area contributed by atoms with Gasteiger partial charge in [-0.2, -0.15) is 0 Å². The van der Waals surface area contributed by atoms with Crippen molar-refractivity contribution in [2.75, 3.05) is 11.9 Å². The fraction of sp³-hybridized carbons (Fsp3) is 0.667. The maximum absolute atomic E-state index is 12.9. The van der Waals surface area contributed by atoms with Crippen molar-refractivity contribution in [3.05, 3.63) is 12.3 Å². The standard InChI is InChI=1S/C18H23N3O5/c1-11(22)20-18-7-12-4-13(8-18)6-17(5-12,10-18)16(24)25-9-15(23)19-14-2-3-26-21-14/h2-3,12-13H,4-10H2,1H3,(H,20,22)(H,19,21,23). The summed E-state index contributed by atoms with van der Waals surface area (Å²) in [6.45, 7) is 1.17. The summed E-state index contributed by atoms with van der Waals surface area (Å²) in [6, 6.07) is 1.51. The smallest absolute Gasteiger partial charge is 0.312 e. The van der Waals surface area contributed by atoms with Crippen molar-refractivity contribution in [1.29, 1.82) is 0 Å². The number of ether oxygens (including phenoxy) is 1. The predicted octanol–water partition coefficient (Wildman–Crippen LogP) is 1.63. The lowest BCUT2D eigenvalue weighted by atomic mass is 9.47. The van der Waals surface area contributed by atoms with Crippen LogP contribution in [-0.2, 0) is 19.1 Å². The third kappa shape index (κ3) is 3.08. The van der Waals surface area contributed by atoms with Crippen molar-refractivity contribution in [1.82, 2.24) is 10.5 Å². The molecule has 4 aliphatic rings. The summed E-state index contributed by atoms with van der Waals surface area (Å²) in [4.78, 5) is 36.5. The topological polar surface area (TPSA) is 111 Å². The van der Waals surface area contributed by atoms with Gasteiger partial charge < -0.3 is 19.9 Å². The third-order valence-electron chi connectivity index (χ3n) is 5.97. The summed E-state index contributed by atoms with van der Waals surface area (Å²) in [7, 11) is 0. The summed E-state index contributed by atoms with van der Waals surface area (Å²) in [5, 5.41) is 9.21. The summed E-state index contributed by atoms with van der Waals surface area (Å²) < 4.78 is 10.0. The lowest BCUT2D eigenvalue weighted by Gasteiger charge is -2.60. The molecule has 5 rings (SSSR count). The van der Waals surface area contributed by atoms with Crippen molar-refractivity contribution in [3.8, 4) is 0 Å². The van der Waals surface area contributed by atoms with Gasteiger partial charge in [-0.05, 0) is 50.4 Å². The molecule has 0 radical (unpaired) electrons. The number of nitrogens with one attached hydrogen (secondary N) is 2. The van der Waals surface area contributed by atoms with E-state index < -0.39 is 11.3 Å². The minimum absolute atomic E-state index is 0.0533. The van der Waals surface area contributed by atoms with Crippen molar-refractivity contribution < 1.29 is 23.6 Å². The average Bonchev–Trinajstić information content (AvgIpc) is 3.02. The Hall–Kier alpha value is -2.38. The van der Waals surface area contributed by atoms with Gasteiger partial charge in [0.05, 0.1) is 5.41 Å². The zero-order chi connectivity index (χ0) is 18.4. The number of hydrogen-bond donors (Lipinski definition) is 2. The van der Waals surface area contributed by atoms with Crippen LogP contribution < -0.4 is 10.6 Å². The van der Waals surface area contributed by atoms with E-state index in [0.29, 0.717) is 18.3 Å². The maximum Gasteiger partial charge on any atom is 0.312 e. The Balaban J connectivity index is 1.42. The Kier molecular flexibility index (Phi) is 4.00. The first-order chi connectivity index (χ1) is 12.4. The number of nitrogens with zero attached hydrogens (tertiary/aromatic N) is 1. The van der Waals surface area contributed by atoms with Crippen molar-refractivity contribution >= 4 is 23.6 Å². The van der Waals surface area contributed by atoms with Crippen LogP contribution in [0, 0.1) is 17.3 Å². The lowest BCUT2D eigenvalue weighted by Crippen LogP contribution is -2.64. The minimum atomic E-state index is -0.583. The van der Waals surface area contributed by atoms with E-state index in [-0.39, 0.29) is 29.8 Å². The molecule has 4 saturated carbocycles. The number of anilines is 1. The largest absolute Gasteiger partial charge is 0.455 e. The molecule has 1 aromatic rings. The predicted molar refractivity (Wildman–Crippen MR) is 89.8 cm³/mol. The van der Waals surface area contributed by atoms with Gasteiger partial charge in [0.2, 0.25) is 5.91 Å². The van der Waals surface area contributed by atoms with Gasteiger partial charge in [0.25, 0.3) is 5.91 Å². The van der Waals surface area contributed by atoms with Crippen LogP contribution in [-0.4, -0.2) is 35.1 Å². The highest BCUT2D eigenvalue weighted by atomic mass is 16.5. The molecule has 0 spiro atoms. The second kappa shape index (κ2) is 6.10. The molecule has 0 aliphatic heterocycles. The van der Waals surface area contributed by atoms with Gasteiger partial charge in [0.1, 0.15) is 6.26 Å². The van der Waals surface area contributed by atoms with E-state index in [0.717, 1.165) is 32.1 Å². The highest BCUT2D eigenvalue weighted by molar-refractivity contribution is 5.92. The number of amides is 2. The first-order valence-corrected chi connectivity index (χ1v) is 9.04. The van der Waals surface area contributed by atoms with Gasteiger partial charge >= 0.3 is 5.97 Å². The Morgan fingerprint density at radius 2 is 2.00 bits per heavy atom. The fourth-order valence-corrected chi connectivity index (χ4v) is 5.76. The average molecular weight is 361 g/mol. The van der Waals surface area contributed by atoms with E-state index >= 15 is 0 Å². The van der Waals surface area contributed by atoms with E-state index in [9.17, 15) is 14.4 Å². The maximum atomic E-state index is 12.9. The monoisotopic (exact) mass is 361 g/mol. The quantitative estimate of drug-likeness (QED) is 0.771. The molecule has 0 saturated heterocycles. The molecule has 4 fully saturated rings. The molecule has 2 amide bonds. The van der Waals surface area contributed by atoms with Crippen LogP contribution in [0.4, 0.5) is 5.82 Å². The Morgan fingerprint density at radius 1 is 1.27 bits per heavy atom. The normalized spacial score (nSPS) is 34.3. The molecule has 1 heterocycles. The first kappa shape index (κ1) is 17.1. The van der Waals surface area contributed by atoms with Crippen LogP contribution in [0.3, 0.4) is 0 Å². The Morgan fingerprint density at radius 3 is 2.62 bits per heavy atom. The van der Waals surface area contributed by atoms with E-state index in [1.807, 2.05) is 0 Å². The number of carbonyl (C=O) groups excluding carboxylic acids is 3. The highest BCUT2D eigenvalue weighted by Crippen LogP contribution is 2.62. The number of hydrogen-bond acceptors (Lipinski definition) is 6. The van der Waals surface area contributed by atoms with Gasteiger partial charge in [-0.1, -0.05) is 5.16 Å². The van der Waals surface area contributed by atoms with Crippen LogP contribution in [0.5, 0.6) is 0 Å². The highest BCUT2D eigenvalue weighted by Gasteiger charge is 2.61. The van der Waals surface area contributed by atoms with Crippen LogP contribution >= 0.6 is 0 Å². The van der Waals surface area contributed by atoms with E-state index in [1.54, 1.807) is 0 Å². The fourth-order valence-electron chi connectivity index (χ4n) is 5.76. The Bertz CT molecular complexity index is 715. The molecule has 26 heavy (non-hydrogen) atoms. The van der Waals surface area contributed by atoms with Gasteiger partial charge in [0, 0.05) is 18.5 Å². The molecular weight excluding hydrogens is 338 g/mol. The molecule has 2 N–H and O–H groups in total. The van der Waals surface area contributed by atoms with Crippen LogP contribution in [0.1, 0.15) is 45.4 Å². The lowest BCUT2D eigenvalue weighted by molar-refractivity contribution is -0.176. The minimum Gasteiger partial charge on any atom is -0.455 e. The van der Waals surface area contributed by atoms with Crippen molar-refractivity contribution in [2.45, 2.75) is 51.0 Å². The van der Waals surface area contributed by atoms with Gasteiger partial charge in [0.15, 0.2) is 12.4 Å². The second-order valence-electron chi connectivity index (χ2n) is 8.21. The van der Waals surface area contributed by atoms with Crippen LogP contribution in [0.25, 0.3) is 0 Å². The number of carbonyl (C=O) groups is 3. The number of aromatic nitrogens is 1. The van der Waals surface area contributed by atoms with E-state index in [2.05, 4.69) is 20.3 Å². The van der Waals surface area contributed by atoms with Gasteiger partial charge in [-0.3, -0.25) is 14.4 Å². The molecule has 4 bridgehead atoms. The molecule has 4 aliphatic carbocycles. The molecule has 140 valence electrons. The number of esters is 1. The van der Waals surface area contributed by atoms with Gasteiger partial charge in [-0.15, -0.1) is 0 Å². The zero-order valence-corrected chi connectivity index (χ0v) is 14.7. The van der Waals surface area contributed by atoms with Crippen molar-refractivity contribution in [2.24, 2.45) is 17.3 Å². The molecule has 8 heteroatoms. The summed E-state index contributed by atoms with van der Waals surface area (Å²) in [6.07, 6.45) is 6.51. The summed E-state index contributed by atoms with van der Waals surface area (Å²) in [5.41, 5.74) is -0.876. The third-order valence-corrected chi connectivity index (χ3v) is 5.97. The molecule has 1 aromatic heterocycles. The van der Waals surface area contributed by atoms with Crippen molar-refractivity contribution in [3.63, 3.8) is 0 Å². The van der Waals surface area contributed by atoms with Gasteiger partial charge in [-0.25, -0.2) is 0 Å². The van der Waals surface area contributed by atoms with E-state index in [4.69, 9.17) is 4.74 Å². The first-order valence-electron chi connectivity index (χ1n) is 9.04. The number of rotatable bonds is 5. The van der Waals surface area contributed by atoms with E-state index in [1.165, 1.54) is 19.3 Å². The summed E-state index contributed by atoms with van der Waals surface area (Å²) >= 11 is 0. The SMILES string of the molecule is CC(=O)NC12CC3CC(C1)CC(C(=O)OCC(=O)Nc1ccon1)(C3)C2. The zero-order valence-electron chi connectivity index (χ0n) is 14.7. The molecule has 0 aromatic carbocycles. The second-order valence-corrected chi connectivity index (χ2v) is 8.21. The molecule has 2 atom stereocenters. The van der Waals surface area contributed by atoms with Crippen LogP contribution in [0.15, 0.2) is 16.9 Å². The van der Waals surface area contributed by atoms with Crippen LogP contribution in [0.2, 0.25) is 0 Å². The molecular formula is C18H23N3O5. The molecule has 2 unspecified atom stereocenters. The Labute approximate surface area is 151 Å².